The lowest BCUT2D eigenvalue weighted by Gasteiger charge is -2.12. The van der Waals surface area contributed by atoms with E-state index in [0.717, 1.165) is 6.07 Å². The highest BCUT2D eigenvalue weighted by molar-refractivity contribution is 5.77. The number of carbonyl (C=O) groups excluding carboxylic acids is 2. The van der Waals surface area contributed by atoms with E-state index in [-0.39, 0.29) is 36.8 Å². The van der Waals surface area contributed by atoms with Crippen LogP contribution < -0.4 is 5.32 Å². The summed E-state index contributed by atoms with van der Waals surface area (Å²) >= 11 is 0. The third-order valence-electron chi connectivity index (χ3n) is 2.76. The van der Waals surface area contributed by atoms with Gasteiger partial charge >= 0.3 is 5.97 Å². The minimum Gasteiger partial charge on any atom is -0.469 e. The highest BCUT2D eigenvalue weighted by Crippen LogP contribution is 2.13. The van der Waals surface area contributed by atoms with Crippen molar-refractivity contribution in [1.82, 2.24) is 5.32 Å². The van der Waals surface area contributed by atoms with Crippen molar-refractivity contribution in [2.24, 2.45) is 0 Å². The SMILES string of the molecule is COC(=O)CC(C)NC(=O)CCc1cccc(F)c1F. The van der Waals surface area contributed by atoms with Crippen molar-refractivity contribution < 1.29 is 23.1 Å². The van der Waals surface area contributed by atoms with E-state index in [1.54, 1.807) is 6.92 Å². The summed E-state index contributed by atoms with van der Waals surface area (Å²) in [6, 6.07) is 3.49. The van der Waals surface area contributed by atoms with Crippen LogP contribution in [0, 0.1) is 11.6 Å². The first-order valence-electron chi connectivity index (χ1n) is 6.23. The van der Waals surface area contributed by atoms with Crippen LogP contribution in [0.4, 0.5) is 8.78 Å². The molecule has 1 aromatic carbocycles. The first kappa shape index (κ1) is 16.1. The van der Waals surface area contributed by atoms with Gasteiger partial charge in [0, 0.05) is 12.5 Å². The molecule has 0 radical (unpaired) electrons. The molecule has 0 saturated heterocycles. The van der Waals surface area contributed by atoms with Gasteiger partial charge in [-0.2, -0.15) is 0 Å². The molecule has 0 bridgehead atoms. The van der Waals surface area contributed by atoms with E-state index in [9.17, 15) is 18.4 Å². The zero-order valence-corrected chi connectivity index (χ0v) is 11.4. The number of amides is 1. The molecular formula is C14H17F2NO3. The standard InChI is InChI=1S/C14H17F2NO3/c1-9(8-13(19)20-2)17-12(18)7-6-10-4-3-5-11(15)14(10)16/h3-5,9H,6-8H2,1-2H3,(H,17,18). The van der Waals surface area contributed by atoms with Crippen LogP contribution in [0.5, 0.6) is 0 Å². The quantitative estimate of drug-likeness (QED) is 0.813. The molecule has 4 nitrogen and oxygen atoms in total. The topological polar surface area (TPSA) is 55.4 Å². The number of methoxy groups -OCH3 is 1. The van der Waals surface area contributed by atoms with Gasteiger partial charge < -0.3 is 10.1 Å². The molecule has 110 valence electrons. The fraction of sp³-hybridized carbons (Fsp3) is 0.429. The van der Waals surface area contributed by atoms with Crippen LogP contribution in [-0.4, -0.2) is 25.0 Å². The van der Waals surface area contributed by atoms with Crippen molar-refractivity contribution in [2.45, 2.75) is 32.2 Å². The van der Waals surface area contributed by atoms with Crippen molar-refractivity contribution in [1.29, 1.82) is 0 Å². The summed E-state index contributed by atoms with van der Waals surface area (Å²) < 4.78 is 30.8. The Labute approximate surface area is 116 Å². The van der Waals surface area contributed by atoms with E-state index < -0.39 is 17.6 Å². The summed E-state index contributed by atoms with van der Waals surface area (Å²) in [5.41, 5.74) is 0.153. The van der Waals surface area contributed by atoms with Gasteiger partial charge in [-0.05, 0) is 25.0 Å². The summed E-state index contributed by atoms with van der Waals surface area (Å²) in [4.78, 5) is 22.6. The maximum Gasteiger partial charge on any atom is 0.307 e. The Bertz CT molecular complexity index is 491. The molecule has 0 fully saturated rings. The Balaban J connectivity index is 2.43. The Morgan fingerprint density at radius 1 is 1.35 bits per heavy atom. The lowest BCUT2D eigenvalue weighted by Crippen LogP contribution is -2.34. The summed E-state index contributed by atoms with van der Waals surface area (Å²) in [5, 5.41) is 2.59. The lowest BCUT2D eigenvalue weighted by atomic mass is 10.1. The number of rotatable bonds is 6. The van der Waals surface area contributed by atoms with E-state index in [2.05, 4.69) is 10.1 Å². The van der Waals surface area contributed by atoms with Crippen LogP contribution in [0.25, 0.3) is 0 Å². The molecule has 0 aromatic heterocycles. The van der Waals surface area contributed by atoms with E-state index >= 15 is 0 Å². The second-order valence-electron chi connectivity index (χ2n) is 4.46. The van der Waals surface area contributed by atoms with Gasteiger partial charge in [0.2, 0.25) is 5.91 Å². The van der Waals surface area contributed by atoms with E-state index in [1.165, 1.54) is 19.2 Å². The highest BCUT2D eigenvalue weighted by atomic mass is 19.2. The second kappa shape index (κ2) is 7.57. The number of nitrogens with one attached hydrogen (secondary N) is 1. The average Bonchev–Trinajstić information content (AvgIpc) is 2.40. The molecule has 0 saturated carbocycles. The highest BCUT2D eigenvalue weighted by Gasteiger charge is 2.13. The maximum atomic E-state index is 13.4. The van der Waals surface area contributed by atoms with Crippen molar-refractivity contribution in [3.05, 3.63) is 35.4 Å². The molecule has 1 rings (SSSR count). The molecule has 1 amide bonds. The Kier molecular flexibility index (Phi) is 6.09. The summed E-state index contributed by atoms with van der Waals surface area (Å²) in [5.74, 6) is -2.61. The molecule has 1 N–H and O–H groups in total. The van der Waals surface area contributed by atoms with Gasteiger partial charge in [0.1, 0.15) is 0 Å². The first-order valence-corrected chi connectivity index (χ1v) is 6.23. The average molecular weight is 285 g/mol. The van der Waals surface area contributed by atoms with Crippen molar-refractivity contribution >= 4 is 11.9 Å². The minimum atomic E-state index is -0.929. The zero-order valence-electron chi connectivity index (χ0n) is 11.4. The third kappa shape index (κ3) is 4.95. The predicted octanol–water partition coefficient (Wildman–Crippen LogP) is 1.97. The third-order valence-corrected chi connectivity index (χ3v) is 2.76. The largest absolute Gasteiger partial charge is 0.469 e. The fourth-order valence-corrected chi connectivity index (χ4v) is 1.72. The first-order chi connectivity index (χ1) is 9.43. The summed E-state index contributed by atoms with van der Waals surface area (Å²) in [6.07, 6.45) is 0.183. The predicted molar refractivity (Wildman–Crippen MR) is 68.9 cm³/mol. The number of carbonyl (C=O) groups is 2. The fourth-order valence-electron chi connectivity index (χ4n) is 1.72. The monoisotopic (exact) mass is 285 g/mol. The van der Waals surface area contributed by atoms with E-state index in [0.29, 0.717) is 0 Å². The Hall–Kier alpha value is -1.98. The molecule has 0 aliphatic heterocycles. The Morgan fingerprint density at radius 3 is 2.70 bits per heavy atom. The normalized spacial score (nSPS) is 11.8. The number of ether oxygens (including phenoxy) is 1. The molecule has 20 heavy (non-hydrogen) atoms. The van der Waals surface area contributed by atoms with Gasteiger partial charge in [0.25, 0.3) is 0 Å². The smallest absolute Gasteiger partial charge is 0.307 e. The van der Waals surface area contributed by atoms with E-state index in [4.69, 9.17) is 0 Å². The van der Waals surface area contributed by atoms with Crippen molar-refractivity contribution in [3.8, 4) is 0 Å². The van der Waals surface area contributed by atoms with Gasteiger partial charge in [0.15, 0.2) is 11.6 Å². The maximum absolute atomic E-state index is 13.4. The van der Waals surface area contributed by atoms with E-state index in [1.807, 2.05) is 0 Å². The number of hydrogen-bond acceptors (Lipinski definition) is 3. The molecule has 1 atom stereocenters. The molecule has 0 heterocycles. The lowest BCUT2D eigenvalue weighted by molar-refractivity contribution is -0.141. The van der Waals surface area contributed by atoms with Crippen LogP contribution in [0.2, 0.25) is 0 Å². The number of esters is 1. The molecule has 1 unspecified atom stereocenters. The molecule has 0 aliphatic rings. The van der Waals surface area contributed by atoms with Crippen LogP contribution in [0.15, 0.2) is 18.2 Å². The number of aryl methyl sites for hydroxylation is 1. The van der Waals surface area contributed by atoms with Gasteiger partial charge in [0.05, 0.1) is 13.5 Å². The van der Waals surface area contributed by atoms with Gasteiger partial charge in [-0.3, -0.25) is 9.59 Å². The second-order valence-corrected chi connectivity index (χ2v) is 4.46. The molecule has 0 aliphatic carbocycles. The van der Waals surface area contributed by atoms with Crippen LogP contribution in [0.3, 0.4) is 0 Å². The van der Waals surface area contributed by atoms with Gasteiger partial charge in [-0.15, -0.1) is 0 Å². The van der Waals surface area contributed by atoms with Crippen LogP contribution in [-0.2, 0) is 20.7 Å². The Morgan fingerprint density at radius 2 is 2.05 bits per heavy atom. The molecular weight excluding hydrogens is 268 g/mol. The van der Waals surface area contributed by atoms with Gasteiger partial charge in [-0.25, -0.2) is 8.78 Å². The molecule has 6 heteroatoms. The van der Waals surface area contributed by atoms with Crippen molar-refractivity contribution in [3.63, 3.8) is 0 Å². The zero-order chi connectivity index (χ0) is 15.1. The minimum absolute atomic E-state index is 0.0197. The molecule has 0 spiro atoms. The summed E-state index contributed by atoms with van der Waals surface area (Å²) in [7, 11) is 1.27. The number of benzene rings is 1. The van der Waals surface area contributed by atoms with Crippen LogP contribution in [0.1, 0.15) is 25.3 Å². The molecule has 1 aromatic rings. The van der Waals surface area contributed by atoms with Gasteiger partial charge in [-0.1, -0.05) is 12.1 Å². The van der Waals surface area contributed by atoms with Crippen molar-refractivity contribution in [2.75, 3.05) is 7.11 Å². The van der Waals surface area contributed by atoms with Crippen LogP contribution >= 0.6 is 0 Å². The summed E-state index contributed by atoms with van der Waals surface area (Å²) in [6.45, 7) is 1.66. The number of hydrogen-bond donors (Lipinski definition) is 1. The number of halogens is 2.